The lowest BCUT2D eigenvalue weighted by molar-refractivity contribution is -0.125. The first-order valence-corrected chi connectivity index (χ1v) is 6.06. The van der Waals surface area contributed by atoms with Crippen LogP contribution in [0.15, 0.2) is 0 Å². The number of nitrogens with one attached hydrogen (secondary N) is 3. The third-order valence-corrected chi connectivity index (χ3v) is 2.97. The SMILES string of the molecule is O=C1CC[C@@H](C(=O)NCCCNC2CC2)N1. The van der Waals surface area contributed by atoms with E-state index >= 15 is 0 Å². The fourth-order valence-electron chi connectivity index (χ4n) is 1.83. The Kier molecular flexibility index (Phi) is 3.77. The Labute approximate surface area is 95.3 Å². The van der Waals surface area contributed by atoms with Crippen LogP contribution >= 0.6 is 0 Å². The molecule has 2 aliphatic rings. The summed E-state index contributed by atoms with van der Waals surface area (Å²) in [4.78, 5) is 22.5. The molecule has 1 saturated heterocycles. The molecule has 90 valence electrons. The standard InChI is InChI=1S/C11H19N3O2/c15-10-5-4-9(14-10)11(16)13-7-1-6-12-8-2-3-8/h8-9,12H,1-7H2,(H,13,16)(H,14,15)/t9-/m0/s1. The van der Waals surface area contributed by atoms with E-state index in [2.05, 4.69) is 16.0 Å². The van der Waals surface area contributed by atoms with Crippen LogP contribution in [0.1, 0.15) is 32.1 Å². The van der Waals surface area contributed by atoms with Gasteiger partial charge in [-0.3, -0.25) is 9.59 Å². The zero-order chi connectivity index (χ0) is 11.4. The fourth-order valence-corrected chi connectivity index (χ4v) is 1.83. The molecule has 1 aliphatic carbocycles. The van der Waals surface area contributed by atoms with Gasteiger partial charge in [0.05, 0.1) is 0 Å². The highest BCUT2D eigenvalue weighted by Gasteiger charge is 2.26. The summed E-state index contributed by atoms with van der Waals surface area (Å²) in [6, 6.07) is 0.425. The number of carbonyl (C=O) groups excluding carboxylic acids is 2. The highest BCUT2D eigenvalue weighted by molar-refractivity contribution is 5.90. The van der Waals surface area contributed by atoms with Gasteiger partial charge < -0.3 is 16.0 Å². The first-order chi connectivity index (χ1) is 7.75. The molecule has 2 amide bonds. The molecule has 1 saturated carbocycles. The van der Waals surface area contributed by atoms with Crippen LogP contribution in [0.4, 0.5) is 0 Å². The minimum absolute atomic E-state index is 0.0180. The maximum Gasteiger partial charge on any atom is 0.242 e. The first-order valence-electron chi connectivity index (χ1n) is 6.06. The van der Waals surface area contributed by atoms with E-state index in [0.717, 1.165) is 19.0 Å². The van der Waals surface area contributed by atoms with Crippen molar-refractivity contribution in [2.75, 3.05) is 13.1 Å². The molecule has 3 N–H and O–H groups in total. The summed E-state index contributed by atoms with van der Waals surface area (Å²) >= 11 is 0. The molecule has 0 aromatic carbocycles. The van der Waals surface area contributed by atoms with Crippen molar-refractivity contribution in [3.63, 3.8) is 0 Å². The van der Waals surface area contributed by atoms with Crippen LogP contribution in [0.3, 0.4) is 0 Å². The van der Waals surface area contributed by atoms with Gasteiger partial charge in [0.15, 0.2) is 0 Å². The van der Waals surface area contributed by atoms with Crippen LogP contribution in [0, 0.1) is 0 Å². The second-order valence-corrected chi connectivity index (χ2v) is 4.53. The number of hydrogen-bond donors (Lipinski definition) is 3. The van der Waals surface area contributed by atoms with Crippen molar-refractivity contribution in [2.45, 2.75) is 44.2 Å². The van der Waals surface area contributed by atoms with Gasteiger partial charge in [-0.05, 0) is 32.2 Å². The van der Waals surface area contributed by atoms with E-state index in [1.807, 2.05) is 0 Å². The topological polar surface area (TPSA) is 70.2 Å². The summed E-state index contributed by atoms with van der Waals surface area (Å²) in [5.74, 6) is -0.0622. The predicted octanol–water partition coefficient (Wildman–Crippen LogP) is -0.477. The molecule has 1 aliphatic heterocycles. The average Bonchev–Trinajstić information content (AvgIpc) is 2.99. The summed E-state index contributed by atoms with van der Waals surface area (Å²) in [5.41, 5.74) is 0. The molecule has 0 unspecified atom stereocenters. The zero-order valence-corrected chi connectivity index (χ0v) is 9.42. The van der Waals surface area contributed by atoms with Gasteiger partial charge in [-0.2, -0.15) is 0 Å². The van der Waals surface area contributed by atoms with E-state index in [0.29, 0.717) is 19.4 Å². The lowest BCUT2D eigenvalue weighted by atomic mass is 10.2. The van der Waals surface area contributed by atoms with Crippen LogP contribution < -0.4 is 16.0 Å². The maximum atomic E-state index is 11.6. The molecule has 0 bridgehead atoms. The summed E-state index contributed by atoms with van der Waals surface area (Å²) in [6.45, 7) is 1.65. The van der Waals surface area contributed by atoms with Crippen molar-refractivity contribution in [2.24, 2.45) is 0 Å². The largest absolute Gasteiger partial charge is 0.354 e. The van der Waals surface area contributed by atoms with Gasteiger partial charge in [0.2, 0.25) is 11.8 Å². The van der Waals surface area contributed by atoms with Gasteiger partial charge >= 0.3 is 0 Å². The third-order valence-electron chi connectivity index (χ3n) is 2.97. The summed E-state index contributed by atoms with van der Waals surface area (Å²) < 4.78 is 0. The Bertz CT molecular complexity index is 276. The lowest BCUT2D eigenvalue weighted by Crippen LogP contribution is -2.42. The highest BCUT2D eigenvalue weighted by atomic mass is 16.2. The summed E-state index contributed by atoms with van der Waals surface area (Å²) in [6.07, 6.45) is 4.64. The van der Waals surface area contributed by atoms with Gasteiger partial charge in [-0.25, -0.2) is 0 Å². The lowest BCUT2D eigenvalue weighted by Gasteiger charge is -2.10. The average molecular weight is 225 g/mol. The van der Waals surface area contributed by atoms with Crippen LogP contribution in [-0.4, -0.2) is 37.0 Å². The Hall–Kier alpha value is -1.10. The minimum atomic E-state index is -0.302. The van der Waals surface area contributed by atoms with Gasteiger partial charge in [0.25, 0.3) is 0 Å². The van der Waals surface area contributed by atoms with E-state index in [1.54, 1.807) is 0 Å². The highest BCUT2D eigenvalue weighted by Crippen LogP contribution is 2.18. The van der Waals surface area contributed by atoms with Crippen molar-refractivity contribution in [3.8, 4) is 0 Å². The molecule has 0 radical (unpaired) electrons. The molecule has 5 nitrogen and oxygen atoms in total. The monoisotopic (exact) mass is 225 g/mol. The van der Waals surface area contributed by atoms with E-state index < -0.39 is 0 Å². The zero-order valence-electron chi connectivity index (χ0n) is 9.42. The van der Waals surface area contributed by atoms with Crippen molar-refractivity contribution < 1.29 is 9.59 Å². The quantitative estimate of drug-likeness (QED) is 0.535. The predicted molar refractivity (Wildman–Crippen MR) is 59.8 cm³/mol. The van der Waals surface area contributed by atoms with E-state index in [-0.39, 0.29) is 17.9 Å². The van der Waals surface area contributed by atoms with E-state index in [1.165, 1.54) is 12.8 Å². The Balaban J connectivity index is 1.51. The van der Waals surface area contributed by atoms with Gasteiger partial charge in [-0.1, -0.05) is 0 Å². The molecule has 2 fully saturated rings. The molecule has 1 heterocycles. The second kappa shape index (κ2) is 5.30. The van der Waals surface area contributed by atoms with Gasteiger partial charge in [-0.15, -0.1) is 0 Å². The van der Waals surface area contributed by atoms with Crippen molar-refractivity contribution in [1.29, 1.82) is 0 Å². The smallest absolute Gasteiger partial charge is 0.242 e. The van der Waals surface area contributed by atoms with Crippen LogP contribution in [0.2, 0.25) is 0 Å². The molecular weight excluding hydrogens is 206 g/mol. The van der Waals surface area contributed by atoms with Crippen molar-refractivity contribution in [1.82, 2.24) is 16.0 Å². The number of amides is 2. The Morgan fingerprint density at radius 3 is 2.75 bits per heavy atom. The van der Waals surface area contributed by atoms with Gasteiger partial charge in [0, 0.05) is 19.0 Å². The van der Waals surface area contributed by atoms with E-state index in [9.17, 15) is 9.59 Å². The molecule has 0 aromatic heterocycles. The summed E-state index contributed by atoms with van der Waals surface area (Å²) in [7, 11) is 0. The third kappa shape index (κ3) is 3.48. The number of rotatable bonds is 6. The molecule has 16 heavy (non-hydrogen) atoms. The molecule has 0 spiro atoms. The molecule has 2 rings (SSSR count). The van der Waals surface area contributed by atoms with E-state index in [4.69, 9.17) is 0 Å². The van der Waals surface area contributed by atoms with Crippen LogP contribution in [-0.2, 0) is 9.59 Å². The summed E-state index contributed by atoms with van der Waals surface area (Å²) in [5, 5.41) is 8.89. The number of carbonyl (C=O) groups is 2. The fraction of sp³-hybridized carbons (Fsp3) is 0.818. The molecule has 5 heteroatoms. The van der Waals surface area contributed by atoms with Gasteiger partial charge in [0.1, 0.15) is 6.04 Å². The van der Waals surface area contributed by atoms with Crippen molar-refractivity contribution in [3.05, 3.63) is 0 Å². The van der Waals surface area contributed by atoms with Crippen LogP contribution in [0.5, 0.6) is 0 Å². The molecular formula is C11H19N3O2. The Morgan fingerprint density at radius 2 is 2.12 bits per heavy atom. The Morgan fingerprint density at radius 1 is 1.31 bits per heavy atom. The molecule has 0 aromatic rings. The van der Waals surface area contributed by atoms with Crippen LogP contribution in [0.25, 0.3) is 0 Å². The second-order valence-electron chi connectivity index (χ2n) is 4.53. The number of hydrogen-bond acceptors (Lipinski definition) is 3. The maximum absolute atomic E-state index is 11.6. The van der Waals surface area contributed by atoms with Crippen molar-refractivity contribution >= 4 is 11.8 Å². The minimum Gasteiger partial charge on any atom is -0.354 e. The molecule has 1 atom stereocenters. The first kappa shape index (κ1) is 11.4. The normalized spacial score (nSPS) is 24.2.